The number of unbranched alkanes of at least 4 members (excludes halogenated alkanes) is 21. The van der Waals surface area contributed by atoms with E-state index >= 15 is 0 Å². The van der Waals surface area contributed by atoms with Crippen molar-refractivity contribution < 1.29 is 53.9 Å². The van der Waals surface area contributed by atoms with Gasteiger partial charge in [-0.15, -0.1) is 0 Å². The number of hydrogen-bond acceptors (Lipinski definition) is 10. The van der Waals surface area contributed by atoms with Crippen LogP contribution in [0.4, 0.5) is 0 Å². The molecule has 0 aromatic heterocycles. The Morgan fingerprint density at radius 3 is 1.38 bits per heavy atom. The molecule has 1 fully saturated rings. The third-order valence-electron chi connectivity index (χ3n) is 9.92. The van der Waals surface area contributed by atoms with E-state index < -0.39 is 63.2 Å². The van der Waals surface area contributed by atoms with Crippen LogP contribution in [0.3, 0.4) is 0 Å². The van der Waals surface area contributed by atoms with E-state index in [1.165, 1.54) is 89.9 Å². The molecule has 8 N–H and O–H groups in total. The highest BCUT2D eigenvalue weighted by Crippen LogP contribution is 2.47. The molecule has 0 saturated heterocycles. The Balaban J connectivity index is 2.49. The zero-order valence-corrected chi connectivity index (χ0v) is 32.1. The minimum absolute atomic E-state index is 0.238. The normalized spacial score (nSPS) is 24.9. The molecule has 0 aliphatic heterocycles. The van der Waals surface area contributed by atoms with Crippen LogP contribution in [0, 0.1) is 0 Å². The number of phosphoric ester groups is 1. The summed E-state index contributed by atoms with van der Waals surface area (Å²) in [5.74, 6) is -0.315. The first-order chi connectivity index (χ1) is 23.9. The Morgan fingerprint density at radius 2 is 0.960 bits per heavy atom. The standard InChI is InChI=1S/C37H74NO11P/c1-3-5-7-9-11-12-13-14-15-16-17-18-19-21-22-24-26-30(39)29(38-31(40)27-25-23-20-10-8-6-4-2)28-48-50(46,47)49-37-35(44)33(42)32(41)34(43)36(37)45/h29-30,32-37,39,41-45H,3-28H2,1-2H3,(H,38,40)(H,46,47)/t29-,30+,32?,33+,34?,35?,36?,37?/m0/s1. The summed E-state index contributed by atoms with van der Waals surface area (Å²) in [5.41, 5.74) is 0. The number of nitrogens with one attached hydrogen (secondary N) is 1. The fourth-order valence-electron chi connectivity index (χ4n) is 6.55. The molecule has 0 radical (unpaired) electrons. The lowest BCUT2D eigenvalue weighted by Crippen LogP contribution is -2.64. The van der Waals surface area contributed by atoms with Gasteiger partial charge in [-0.1, -0.05) is 155 Å². The number of aliphatic hydroxyl groups excluding tert-OH is 6. The summed E-state index contributed by atoms with van der Waals surface area (Å²) >= 11 is 0. The van der Waals surface area contributed by atoms with E-state index in [2.05, 4.69) is 19.2 Å². The number of aliphatic hydroxyl groups is 6. The van der Waals surface area contributed by atoms with E-state index in [1.807, 2.05) is 0 Å². The summed E-state index contributed by atoms with van der Waals surface area (Å²) in [5, 5.41) is 63.7. The molecule has 1 aliphatic carbocycles. The second-order valence-corrected chi connectivity index (χ2v) is 15.9. The van der Waals surface area contributed by atoms with Crippen molar-refractivity contribution in [2.45, 2.75) is 223 Å². The number of hydrogen-bond donors (Lipinski definition) is 8. The molecular formula is C37H74NO11P. The maximum absolute atomic E-state index is 12.8. The number of carbonyl (C=O) groups excluding carboxylic acids is 1. The van der Waals surface area contributed by atoms with E-state index in [9.17, 15) is 44.9 Å². The third kappa shape index (κ3) is 21.1. The predicted molar refractivity (Wildman–Crippen MR) is 195 cm³/mol. The average Bonchev–Trinajstić information content (AvgIpc) is 3.09. The van der Waals surface area contributed by atoms with Crippen LogP contribution in [0.2, 0.25) is 0 Å². The Labute approximate surface area is 302 Å². The highest BCUT2D eigenvalue weighted by atomic mass is 31.2. The van der Waals surface area contributed by atoms with Gasteiger partial charge in [0.1, 0.15) is 36.6 Å². The highest BCUT2D eigenvalue weighted by molar-refractivity contribution is 7.47. The predicted octanol–water partition coefficient (Wildman–Crippen LogP) is 5.94. The molecule has 12 nitrogen and oxygen atoms in total. The Morgan fingerprint density at radius 1 is 0.600 bits per heavy atom. The van der Waals surface area contributed by atoms with Crippen LogP contribution in [-0.2, 0) is 18.4 Å². The molecule has 1 rings (SSSR count). The first-order valence-corrected chi connectivity index (χ1v) is 21.5. The van der Waals surface area contributed by atoms with Gasteiger partial charge in [0.25, 0.3) is 0 Å². The SMILES string of the molecule is CCCCCCCCCCCCCCCCCC[C@@H](O)[C@H](COP(=O)(O)OC1C(O)C(O)C(O)[C@@H](O)C1O)NC(=O)CCCCCCCCC. The largest absolute Gasteiger partial charge is 0.472 e. The first kappa shape index (κ1) is 47.4. The smallest absolute Gasteiger partial charge is 0.391 e. The number of rotatable bonds is 32. The molecule has 1 aliphatic rings. The van der Waals surface area contributed by atoms with Gasteiger partial charge in [0.2, 0.25) is 5.91 Å². The Bertz CT molecular complexity index is 868. The third-order valence-corrected chi connectivity index (χ3v) is 10.9. The van der Waals surface area contributed by atoms with Gasteiger partial charge < -0.3 is 40.8 Å². The van der Waals surface area contributed by atoms with Crippen molar-refractivity contribution in [2.24, 2.45) is 0 Å². The van der Waals surface area contributed by atoms with Gasteiger partial charge in [0, 0.05) is 6.42 Å². The fourth-order valence-corrected chi connectivity index (χ4v) is 7.52. The summed E-state index contributed by atoms with van der Waals surface area (Å²) in [6.07, 6.45) is 14.6. The van der Waals surface area contributed by atoms with Gasteiger partial charge in [-0.2, -0.15) is 0 Å². The van der Waals surface area contributed by atoms with Crippen LogP contribution in [0.25, 0.3) is 0 Å². The lowest BCUT2D eigenvalue weighted by molar-refractivity contribution is -0.220. The number of phosphoric acid groups is 1. The molecule has 0 aromatic rings. The molecule has 1 saturated carbocycles. The molecular weight excluding hydrogens is 665 g/mol. The van der Waals surface area contributed by atoms with Crippen molar-refractivity contribution in [2.75, 3.05) is 6.61 Å². The Hall–Kier alpha value is -0.660. The van der Waals surface area contributed by atoms with Crippen molar-refractivity contribution >= 4 is 13.7 Å². The fraction of sp³-hybridized carbons (Fsp3) is 0.973. The summed E-state index contributed by atoms with van der Waals surface area (Å²) in [4.78, 5) is 23.1. The maximum atomic E-state index is 12.8. The summed E-state index contributed by atoms with van der Waals surface area (Å²) in [6, 6.07) is -1.02. The maximum Gasteiger partial charge on any atom is 0.472 e. The lowest BCUT2D eigenvalue weighted by Gasteiger charge is -2.41. The van der Waals surface area contributed by atoms with Crippen molar-refractivity contribution in [1.29, 1.82) is 0 Å². The van der Waals surface area contributed by atoms with Crippen LogP contribution in [0.15, 0.2) is 0 Å². The second-order valence-electron chi connectivity index (χ2n) is 14.5. The van der Waals surface area contributed by atoms with Crippen LogP contribution in [0.5, 0.6) is 0 Å². The number of carbonyl (C=O) groups is 1. The molecule has 0 aromatic carbocycles. The minimum atomic E-state index is -5.04. The Kier molecular flexibility index (Phi) is 27.3. The molecule has 0 spiro atoms. The summed E-state index contributed by atoms with van der Waals surface area (Å²) < 4.78 is 22.8. The summed E-state index contributed by atoms with van der Waals surface area (Å²) in [7, 11) is -5.04. The molecule has 50 heavy (non-hydrogen) atoms. The van der Waals surface area contributed by atoms with Gasteiger partial charge in [-0.05, 0) is 12.8 Å². The van der Waals surface area contributed by atoms with Gasteiger partial charge >= 0.3 is 7.82 Å². The van der Waals surface area contributed by atoms with Gasteiger partial charge in [-0.25, -0.2) is 4.57 Å². The molecule has 0 bridgehead atoms. The molecule has 1 amide bonds. The van der Waals surface area contributed by atoms with Crippen molar-refractivity contribution in [1.82, 2.24) is 5.32 Å². The van der Waals surface area contributed by atoms with E-state index in [-0.39, 0.29) is 12.3 Å². The number of amides is 1. The van der Waals surface area contributed by atoms with Crippen LogP contribution in [-0.4, -0.2) is 96.8 Å². The van der Waals surface area contributed by atoms with Crippen molar-refractivity contribution in [3.05, 3.63) is 0 Å². The second kappa shape index (κ2) is 28.8. The zero-order chi connectivity index (χ0) is 37.2. The van der Waals surface area contributed by atoms with Gasteiger partial charge in [0.05, 0.1) is 18.8 Å². The van der Waals surface area contributed by atoms with E-state index in [0.29, 0.717) is 19.3 Å². The highest BCUT2D eigenvalue weighted by Gasteiger charge is 2.51. The van der Waals surface area contributed by atoms with E-state index in [1.54, 1.807) is 0 Å². The van der Waals surface area contributed by atoms with Crippen LogP contribution < -0.4 is 5.32 Å². The topological polar surface area (TPSA) is 206 Å². The van der Waals surface area contributed by atoms with E-state index in [4.69, 9.17) is 9.05 Å². The van der Waals surface area contributed by atoms with E-state index in [0.717, 1.165) is 44.9 Å². The molecule has 298 valence electrons. The van der Waals surface area contributed by atoms with Crippen LogP contribution >= 0.6 is 7.82 Å². The monoisotopic (exact) mass is 739 g/mol. The average molecular weight is 740 g/mol. The lowest BCUT2D eigenvalue weighted by atomic mass is 9.85. The van der Waals surface area contributed by atoms with Crippen molar-refractivity contribution in [3.8, 4) is 0 Å². The summed E-state index contributed by atoms with van der Waals surface area (Å²) in [6.45, 7) is 3.81. The zero-order valence-electron chi connectivity index (χ0n) is 31.2. The van der Waals surface area contributed by atoms with Gasteiger partial charge in [0.15, 0.2) is 0 Å². The molecule has 6 unspecified atom stereocenters. The van der Waals surface area contributed by atoms with Crippen molar-refractivity contribution in [3.63, 3.8) is 0 Å². The molecule has 9 atom stereocenters. The van der Waals surface area contributed by atoms with Crippen LogP contribution in [0.1, 0.15) is 174 Å². The quantitative estimate of drug-likeness (QED) is 0.0299. The molecule has 0 heterocycles. The first-order valence-electron chi connectivity index (χ1n) is 20.0. The minimum Gasteiger partial charge on any atom is -0.391 e. The van der Waals surface area contributed by atoms with Gasteiger partial charge in [-0.3, -0.25) is 13.8 Å². The molecule has 13 heteroatoms.